The van der Waals surface area contributed by atoms with E-state index in [1.165, 1.54) is 6.07 Å². The lowest BCUT2D eigenvalue weighted by Crippen LogP contribution is -2.28. The van der Waals surface area contributed by atoms with Crippen molar-refractivity contribution in [3.63, 3.8) is 0 Å². The Morgan fingerprint density at radius 2 is 1.79 bits per heavy atom. The van der Waals surface area contributed by atoms with Crippen LogP contribution in [0.3, 0.4) is 0 Å². The molecule has 7 nitrogen and oxygen atoms in total. The highest BCUT2D eigenvalue weighted by molar-refractivity contribution is 14.1. The number of fused-ring (bicyclic) bond motifs is 5. The third-order valence-corrected chi connectivity index (χ3v) is 5.65. The van der Waals surface area contributed by atoms with Crippen LogP contribution >= 0.6 is 23.0 Å². The number of hydrogen-bond acceptors (Lipinski definition) is 7. The molecule has 12 heteroatoms. The highest BCUT2D eigenvalue weighted by Crippen LogP contribution is 2.41. The minimum absolute atomic E-state index is 0.00378. The first-order valence-corrected chi connectivity index (χ1v) is 10.1. The highest BCUT2D eigenvalue weighted by Gasteiger charge is 2.48. The summed E-state index contributed by atoms with van der Waals surface area (Å²) in [7, 11) is -5.85. The normalized spacial score (nSPS) is 13.4. The summed E-state index contributed by atoms with van der Waals surface area (Å²) in [6.07, 6.45) is 0. The van der Waals surface area contributed by atoms with Crippen LogP contribution in [0, 0.1) is 0 Å². The van der Waals surface area contributed by atoms with E-state index in [-0.39, 0.29) is 17.8 Å². The smallest absolute Gasteiger partial charge is 0.488 e. The molecule has 0 unspecified atom stereocenters. The predicted octanol–water partition coefficient (Wildman–Crippen LogP) is 4.31. The summed E-state index contributed by atoms with van der Waals surface area (Å²) in [6.45, 7) is -0.00378. The maximum absolute atomic E-state index is 12.6. The van der Waals surface area contributed by atoms with Gasteiger partial charge in [-0.25, -0.2) is 4.79 Å². The molecule has 152 valence electrons. The number of halogens is 4. The van der Waals surface area contributed by atoms with Crippen molar-refractivity contribution in [2.45, 2.75) is 12.1 Å². The SMILES string of the molecule is O=c1oc2cc(OS(=O)(=O)C(F)(F)F)ccc2c2c1-c1ccc(OI)cc1OC2. The first kappa shape index (κ1) is 19.8. The molecule has 1 aliphatic rings. The van der Waals surface area contributed by atoms with Crippen LogP contribution < -0.4 is 17.6 Å². The molecule has 0 saturated carbocycles. The van der Waals surface area contributed by atoms with E-state index in [0.717, 1.165) is 12.1 Å². The van der Waals surface area contributed by atoms with Crippen molar-refractivity contribution in [3.05, 3.63) is 52.4 Å². The Morgan fingerprint density at radius 3 is 2.48 bits per heavy atom. The fourth-order valence-electron chi connectivity index (χ4n) is 2.92. The van der Waals surface area contributed by atoms with Gasteiger partial charge in [0.15, 0.2) is 23.0 Å². The molecule has 0 bridgehead atoms. The Kier molecular flexibility index (Phi) is 4.64. The molecule has 29 heavy (non-hydrogen) atoms. The van der Waals surface area contributed by atoms with Gasteiger partial charge in [0.05, 0.1) is 5.56 Å². The van der Waals surface area contributed by atoms with E-state index in [1.54, 1.807) is 41.2 Å². The third-order valence-electron chi connectivity index (χ3n) is 4.16. The van der Waals surface area contributed by atoms with Crippen molar-refractivity contribution < 1.29 is 38.0 Å². The van der Waals surface area contributed by atoms with Gasteiger partial charge in [-0.2, -0.15) is 21.6 Å². The van der Waals surface area contributed by atoms with Gasteiger partial charge in [-0.3, -0.25) is 0 Å². The summed E-state index contributed by atoms with van der Waals surface area (Å²) in [5, 5.41) is 0.372. The Hall–Kier alpha value is -2.48. The zero-order chi connectivity index (χ0) is 21.0. The van der Waals surface area contributed by atoms with Crippen molar-refractivity contribution in [1.29, 1.82) is 0 Å². The molecule has 0 amide bonds. The van der Waals surface area contributed by atoms with Crippen molar-refractivity contribution in [2.75, 3.05) is 0 Å². The van der Waals surface area contributed by atoms with E-state index >= 15 is 0 Å². The monoisotopic (exact) mass is 540 g/mol. The molecule has 0 N–H and O–H groups in total. The quantitative estimate of drug-likeness (QED) is 0.212. The molecule has 0 aliphatic carbocycles. The van der Waals surface area contributed by atoms with Gasteiger partial charge < -0.3 is 16.4 Å². The van der Waals surface area contributed by atoms with Gasteiger partial charge in [-0.05, 0) is 24.3 Å². The number of rotatable bonds is 3. The molecule has 1 aliphatic heterocycles. The third kappa shape index (κ3) is 3.39. The lowest BCUT2D eigenvalue weighted by atomic mass is 9.96. The van der Waals surface area contributed by atoms with E-state index in [9.17, 15) is 26.4 Å². The summed E-state index contributed by atoms with van der Waals surface area (Å²) < 4.78 is 79.9. The average Bonchev–Trinajstić information content (AvgIpc) is 2.65. The Morgan fingerprint density at radius 1 is 1.07 bits per heavy atom. The van der Waals surface area contributed by atoms with E-state index in [2.05, 4.69) is 4.18 Å². The number of hydrogen-bond donors (Lipinski definition) is 0. The zero-order valence-corrected chi connectivity index (χ0v) is 16.9. The first-order chi connectivity index (χ1) is 13.6. The maximum atomic E-state index is 12.6. The van der Waals surface area contributed by atoms with Gasteiger partial charge in [-0.1, -0.05) is 0 Å². The van der Waals surface area contributed by atoms with Gasteiger partial charge in [0, 0.05) is 28.6 Å². The number of alkyl halides is 3. The molecule has 4 rings (SSSR count). The van der Waals surface area contributed by atoms with Gasteiger partial charge in [-0.15, -0.1) is 0 Å². The van der Waals surface area contributed by atoms with E-state index in [1.807, 2.05) is 0 Å². The average molecular weight is 540 g/mol. The van der Waals surface area contributed by atoms with Crippen LogP contribution in [-0.4, -0.2) is 13.9 Å². The zero-order valence-electron chi connectivity index (χ0n) is 13.9. The number of ether oxygens (including phenoxy) is 1. The van der Waals surface area contributed by atoms with Crippen LogP contribution in [0.5, 0.6) is 17.2 Å². The fraction of sp³-hybridized carbons (Fsp3) is 0.118. The largest absolute Gasteiger partial charge is 0.534 e. The molecule has 3 aromatic rings. The van der Waals surface area contributed by atoms with Crippen LogP contribution in [-0.2, 0) is 16.7 Å². The molecule has 0 radical (unpaired) electrons. The summed E-state index contributed by atoms with van der Waals surface area (Å²) in [5.74, 6) is 0.291. The van der Waals surface area contributed by atoms with Gasteiger partial charge in [0.1, 0.15) is 29.4 Å². The van der Waals surface area contributed by atoms with Crippen molar-refractivity contribution >= 4 is 44.1 Å². The fourth-order valence-corrected chi connectivity index (χ4v) is 3.65. The van der Waals surface area contributed by atoms with Crippen molar-refractivity contribution in [2.24, 2.45) is 0 Å². The van der Waals surface area contributed by atoms with Crippen LogP contribution in [0.15, 0.2) is 45.6 Å². The lowest BCUT2D eigenvalue weighted by Gasteiger charge is -2.21. The Labute approximate surface area is 174 Å². The molecule has 0 spiro atoms. The summed E-state index contributed by atoms with van der Waals surface area (Å²) in [5.41, 5.74) is -5.30. The first-order valence-electron chi connectivity index (χ1n) is 7.77. The topological polar surface area (TPSA) is 92.0 Å². The van der Waals surface area contributed by atoms with Crippen LogP contribution in [0.2, 0.25) is 0 Å². The van der Waals surface area contributed by atoms with Crippen molar-refractivity contribution in [3.8, 4) is 28.4 Å². The summed E-state index contributed by atoms with van der Waals surface area (Å²) >= 11 is 1.70. The van der Waals surface area contributed by atoms with Gasteiger partial charge in [0.2, 0.25) is 0 Å². The van der Waals surface area contributed by atoms with E-state index < -0.39 is 27.0 Å². The second kappa shape index (κ2) is 6.79. The summed E-state index contributed by atoms with van der Waals surface area (Å²) in [6, 6.07) is 8.10. The minimum atomic E-state index is -5.85. The molecule has 0 fully saturated rings. The van der Waals surface area contributed by atoms with Gasteiger partial charge >= 0.3 is 21.3 Å². The maximum Gasteiger partial charge on any atom is 0.534 e. The highest BCUT2D eigenvalue weighted by atomic mass is 127. The lowest BCUT2D eigenvalue weighted by molar-refractivity contribution is -0.0500. The molecule has 2 heterocycles. The van der Waals surface area contributed by atoms with E-state index in [0.29, 0.717) is 28.0 Å². The second-order valence-corrected chi connectivity index (χ2v) is 7.89. The molecule has 2 aromatic carbocycles. The molecule has 1 aromatic heterocycles. The van der Waals surface area contributed by atoms with Crippen LogP contribution in [0.25, 0.3) is 22.1 Å². The molecular weight excluding hydrogens is 532 g/mol. The van der Waals surface area contributed by atoms with Crippen LogP contribution in [0.1, 0.15) is 5.56 Å². The van der Waals surface area contributed by atoms with Crippen LogP contribution in [0.4, 0.5) is 13.2 Å². The standard InChI is InChI=1S/C17H8F3IO7S/c18-17(19,20)29(23,24)28-9-2-3-10-12-7-25-13-5-8(27-21)1-4-11(13)15(12)16(22)26-14(10)6-9/h1-6H,7H2. The predicted molar refractivity (Wildman–Crippen MR) is 103 cm³/mol. The molecule has 0 saturated heterocycles. The molecular formula is C17H8F3IO7S. The van der Waals surface area contributed by atoms with E-state index in [4.69, 9.17) is 12.2 Å². The Bertz CT molecular complexity index is 1300. The Balaban J connectivity index is 1.84. The van der Waals surface area contributed by atoms with Gasteiger partial charge in [0.25, 0.3) is 0 Å². The summed E-state index contributed by atoms with van der Waals surface area (Å²) in [4.78, 5) is 12.6. The van der Waals surface area contributed by atoms with Crippen molar-refractivity contribution in [1.82, 2.24) is 0 Å². The number of benzene rings is 2. The minimum Gasteiger partial charge on any atom is -0.488 e. The second-order valence-electron chi connectivity index (χ2n) is 5.91. The molecule has 0 atom stereocenters.